The second kappa shape index (κ2) is 15.5. The first-order chi connectivity index (χ1) is 13.4. The van der Waals surface area contributed by atoms with Gasteiger partial charge in [-0.15, -0.1) is 0 Å². The number of rotatable bonds is 17. The highest BCUT2D eigenvalue weighted by molar-refractivity contribution is 7.67. The van der Waals surface area contributed by atoms with Crippen molar-refractivity contribution in [1.82, 2.24) is 5.32 Å². The molecule has 13 nitrogen and oxygen atoms in total. The lowest BCUT2D eigenvalue weighted by molar-refractivity contribution is -0.139. The molecule has 29 heavy (non-hydrogen) atoms. The van der Waals surface area contributed by atoms with Gasteiger partial charge in [0, 0.05) is 13.0 Å². The number of carboxylic acids is 1. The van der Waals surface area contributed by atoms with Gasteiger partial charge >= 0.3 is 22.2 Å². The number of carbonyl (C=O) groups is 2. The summed E-state index contributed by atoms with van der Waals surface area (Å²) in [6, 6.07) is -1.23. The van der Waals surface area contributed by atoms with Crippen LogP contribution in [0.5, 0.6) is 0 Å². The summed E-state index contributed by atoms with van der Waals surface area (Å²) in [7, 11) is -9.70. The zero-order valence-corrected chi connectivity index (χ0v) is 18.3. The lowest BCUT2D eigenvalue weighted by Gasteiger charge is -2.18. The number of carbonyl (C=O) groups excluding carboxylic acids is 1. The minimum absolute atomic E-state index is 0.214. The van der Waals surface area contributed by atoms with Gasteiger partial charge in [0.25, 0.3) is 0 Å². The van der Waals surface area contributed by atoms with E-state index in [2.05, 4.69) is 5.32 Å². The molecule has 3 unspecified atom stereocenters. The Balaban J connectivity index is 3.69. The van der Waals surface area contributed by atoms with Gasteiger partial charge in [-0.1, -0.05) is 12.8 Å². The molecule has 1 amide bonds. The molecular weight excluding hydrogens is 453 g/mol. The molecule has 0 fully saturated rings. The molecule has 0 radical (unpaired) electrons. The van der Waals surface area contributed by atoms with E-state index in [1.165, 1.54) is 0 Å². The van der Waals surface area contributed by atoms with Crippen LogP contribution < -0.4 is 11.1 Å². The van der Waals surface area contributed by atoms with Crippen LogP contribution in [-0.4, -0.2) is 72.7 Å². The normalized spacial score (nSPS) is 15.1. The largest absolute Gasteiger partial charge is 0.480 e. The quantitative estimate of drug-likeness (QED) is 0.100. The number of amides is 1. The van der Waals surface area contributed by atoms with Crippen molar-refractivity contribution < 1.29 is 52.8 Å². The molecule has 0 rings (SSSR count). The summed E-state index contributed by atoms with van der Waals surface area (Å²) in [4.78, 5) is 67.6. The highest BCUT2D eigenvalue weighted by Gasteiger charge is 2.35. The summed E-state index contributed by atoms with van der Waals surface area (Å²) in [5, 5.41) is 9.50. The van der Waals surface area contributed by atoms with Crippen LogP contribution in [0, 0.1) is 0 Å². The van der Waals surface area contributed by atoms with E-state index in [1.807, 2.05) is 0 Å². The number of nitrogens with two attached hydrogens (primary N) is 1. The van der Waals surface area contributed by atoms with Crippen LogP contribution in [0.15, 0.2) is 0 Å². The molecule has 0 aliphatic carbocycles. The third-order valence-electron chi connectivity index (χ3n) is 3.56. The molecule has 0 bridgehead atoms. The topological polar surface area (TPSA) is 229 Å². The number of carboxylic acid groups (broad SMARTS) is 1. The minimum Gasteiger partial charge on any atom is -0.480 e. The Bertz CT molecular complexity index is 534. The van der Waals surface area contributed by atoms with E-state index in [0.717, 1.165) is 12.8 Å². The van der Waals surface area contributed by atoms with Gasteiger partial charge in [-0.3, -0.25) is 14.2 Å². The van der Waals surface area contributed by atoms with Crippen molar-refractivity contribution in [2.24, 2.45) is 5.73 Å². The Labute approximate surface area is 170 Å². The smallest absolute Gasteiger partial charge is 0.337 e. The predicted molar refractivity (Wildman–Crippen MR) is 105 cm³/mol. The molecule has 0 saturated heterocycles. The first-order valence-corrected chi connectivity index (χ1v) is 12.8. The van der Waals surface area contributed by atoms with Crippen LogP contribution in [-0.2, 0) is 23.2 Å². The fraction of sp³-hybridized carbons (Fsp3) is 0.846. The number of unbranched alkanes of at least 4 members (excludes halogenated alkanes) is 3. The highest BCUT2D eigenvalue weighted by Crippen LogP contribution is 2.56. The van der Waals surface area contributed by atoms with Crippen molar-refractivity contribution in [1.29, 1.82) is 0 Å². The number of hydrogen-bond acceptors (Lipinski definition) is 9. The van der Waals surface area contributed by atoms with Crippen molar-refractivity contribution in [3.8, 4) is 0 Å². The molecule has 172 valence electrons. The molecule has 16 heteroatoms. The molecule has 0 spiro atoms. The molecule has 0 aliphatic heterocycles. The third-order valence-corrected chi connectivity index (χ3v) is 7.68. The van der Waals surface area contributed by atoms with Crippen molar-refractivity contribution in [3.63, 3.8) is 0 Å². The fourth-order valence-corrected chi connectivity index (χ4v) is 4.52. The van der Waals surface area contributed by atoms with Gasteiger partial charge < -0.3 is 49.7 Å². The molecular formula is C13H29N2O11P3. The molecule has 0 saturated carbocycles. The maximum absolute atomic E-state index is 11.6. The number of hydrogen-bond donors (Lipinski definition) is 8. The van der Waals surface area contributed by atoms with Gasteiger partial charge in [-0.25, -0.2) is 0 Å². The number of aliphatic carboxylic acids is 1. The van der Waals surface area contributed by atoms with E-state index in [9.17, 15) is 19.0 Å². The predicted octanol–water partition coefficient (Wildman–Crippen LogP) is -0.0922. The summed E-state index contributed by atoms with van der Waals surface area (Å²) >= 11 is 0. The lowest BCUT2D eigenvalue weighted by Crippen LogP contribution is -2.34. The standard InChI is InChI=1S/C13H29N2O11P3/c14-10(13(17)18)9-26-28(21)25-8-4-2-1-3-7-15-11(16)5-6-12(27(19)20)29(22,23)24/h10,12,19-21H,1-9,14H2,(H,15,16)(H,17,18)(H2,22,23,24). The van der Waals surface area contributed by atoms with Crippen molar-refractivity contribution in [2.75, 3.05) is 19.8 Å². The summed E-state index contributed by atoms with van der Waals surface area (Å²) in [6.45, 7) is 0.215. The number of nitrogens with one attached hydrogen (secondary N) is 1. The van der Waals surface area contributed by atoms with Crippen molar-refractivity contribution in [3.05, 3.63) is 0 Å². The summed E-state index contributed by atoms with van der Waals surface area (Å²) in [5.41, 5.74) is 5.21. The van der Waals surface area contributed by atoms with Gasteiger partial charge in [0.1, 0.15) is 11.4 Å². The van der Waals surface area contributed by atoms with E-state index < -0.39 is 47.9 Å². The minimum atomic E-state index is -4.68. The summed E-state index contributed by atoms with van der Waals surface area (Å²) < 4.78 is 20.9. The Hall–Kier alpha value is -0.290. The van der Waals surface area contributed by atoms with Crippen molar-refractivity contribution in [2.45, 2.75) is 50.0 Å². The van der Waals surface area contributed by atoms with E-state index >= 15 is 0 Å². The average Bonchev–Trinajstić information content (AvgIpc) is 2.60. The van der Waals surface area contributed by atoms with E-state index in [-0.39, 0.29) is 26.1 Å². The van der Waals surface area contributed by atoms with Gasteiger partial charge in [0.15, 0.2) is 8.38 Å². The van der Waals surface area contributed by atoms with Crippen molar-refractivity contribution >= 4 is 36.5 Å². The molecule has 9 N–H and O–H groups in total. The van der Waals surface area contributed by atoms with Gasteiger partial charge in [-0.2, -0.15) is 0 Å². The van der Waals surface area contributed by atoms with Gasteiger partial charge in [0.2, 0.25) is 5.91 Å². The summed E-state index contributed by atoms with van der Waals surface area (Å²) in [5.74, 6) is -1.68. The molecule has 0 aromatic carbocycles. The SMILES string of the molecule is NC(COP(O)OCCCCCCNC(=O)CCC(P(O)O)P(=O)(O)O)C(=O)O. The summed E-state index contributed by atoms with van der Waals surface area (Å²) in [6.07, 6.45) is 2.21. The van der Waals surface area contributed by atoms with Crippen LogP contribution >= 0.6 is 24.6 Å². The Morgan fingerprint density at radius 3 is 2.24 bits per heavy atom. The van der Waals surface area contributed by atoms with Crippen LogP contribution in [0.3, 0.4) is 0 Å². The first kappa shape index (κ1) is 28.7. The molecule has 0 aromatic heterocycles. The highest BCUT2D eigenvalue weighted by atomic mass is 31.2. The van der Waals surface area contributed by atoms with Crippen LogP contribution in [0.2, 0.25) is 0 Å². The van der Waals surface area contributed by atoms with Gasteiger partial charge in [0.05, 0.1) is 13.2 Å². The first-order valence-electron chi connectivity index (χ1n) is 8.67. The Morgan fingerprint density at radius 1 is 1.07 bits per heavy atom. The maximum Gasteiger partial charge on any atom is 0.337 e. The van der Waals surface area contributed by atoms with Gasteiger partial charge in [-0.05, 0) is 19.3 Å². The maximum atomic E-state index is 11.6. The van der Waals surface area contributed by atoms with E-state index in [4.69, 9.17) is 39.5 Å². The zero-order valence-electron chi connectivity index (χ0n) is 15.7. The van der Waals surface area contributed by atoms with Crippen LogP contribution in [0.1, 0.15) is 38.5 Å². The van der Waals surface area contributed by atoms with E-state index in [0.29, 0.717) is 19.4 Å². The molecule has 0 aliphatic rings. The molecule has 0 heterocycles. The second-order valence-electron chi connectivity index (χ2n) is 6.00. The van der Waals surface area contributed by atoms with Crippen LogP contribution in [0.4, 0.5) is 0 Å². The Morgan fingerprint density at radius 2 is 1.69 bits per heavy atom. The lowest BCUT2D eigenvalue weighted by atomic mass is 10.2. The fourth-order valence-electron chi connectivity index (χ4n) is 1.97. The monoisotopic (exact) mass is 482 g/mol. The van der Waals surface area contributed by atoms with E-state index in [1.54, 1.807) is 0 Å². The Kier molecular flexibility index (Phi) is 15.3. The average molecular weight is 482 g/mol. The third kappa shape index (κ3) is 15.2. The molecule has 0 aromatic rings. The molecule has 3 atom stereocenters. The van der Waals surface area contributed by atoms with Crippen LogP contribution in [0.25, 0.3) is 0 Å². The zero-order chi connectivity index (χ0) is 22.4. The second-order valence-corrected chi connectivity index (χ2v) is 10.5.